The zero-order chi connectivity index (χ0) is 23.8. The van der Waals surface area contributed by atoms with Crippen LogP contribution in [0.25, 0.3) is 10.6 Å². The number of amidine groups is 1. The summed E-state index contributed by atoms with van der Waals surface area (Å²) in [5, 5.41) is 11.0. The molecule has 4 N–H and O–H groups in total. The van der Waals surface area contributed by atoms with E-state index in [1.165, 1.54) is 12.1 Å². The molecule has 0 aliphatic carbocycles. The molecule has 1 amide bonds. The number of alkyl halides is 3. The minimum atomic E-state index is -4.40. The molecule has 1 aliphatic rings. The molecule has 1 aromatic heterocycles. The maximum Gasteiger partial charge on any atom is 0.416 e. The van der Waals surface area contributed by atoms with Gasteiger partial charge in [0.25, 0.3) is 5.91 Å². The van der Waals surface area contributed by atoms with Crippen molar-refractivity contribution in [3.8, 4) is 16.3 Å². The van der Waals surface area contributed by atoms with Gasteiger partial charge in [0.1, 0.15) is 21.5 Å². The molecule has 2 aromatic carbocycles. The smallest absolute Gasteiger partial charge is 0.416 e. The van der Waals surface area contributed by atoms with Crippen molar-refractivity contribution < 1.29 is 22.7 Å². The zero-order valence-corrected chi connectivity index (χ0v) is 18.4. The van der Waals surface area contributed by atoms with Crippen molar-refractivity contribution in [1.29, 1.82) is 5.41 Å². The predicted molar refractivity (Wildman–Crippen MR) is 120 cm³/mol. The second kappa shape index (κ2) is 8.86. The quantitative estimate of drug-likeness (QED) is 0.356. The number of hydrogen-bond donors (Lipinski definition) is 3. The molecule has 0 spiro atoms. The number of fused-ring (bicyclic) bond motifs is 1. The highest BCUT2D eigenvalue weighted by Gasteiger charge is 2.30. The zero-order valence-electron chi connectivity index (χ0n) is 17.6. The number of rotatable bonds is 6. The summed E-state index contributed by atoms with van der Waals surface area (Å²) in [6.45, 7) is 2.59. The number of halogens is 3. The summed E-state index contributed by atoms with van der Waals surface area (Å²) < 4.78 is 44.0. The van der Waals surface area contributed by atoms with Crippen molar-refractivity contribution in [1.82, 2.24) is 10.3 Å². The lowest BCUT2D eigenvalue weighted by molar-refractivity contribution is -0.137. The van der Waals surface area contributed by atoms with Crippen molar-refractivity contribution in [2.45, 2.75) is 25.4 Å². The number of nitrogen functional groups attached to an aromatic ring is 1. The third-order valence-corrected chi connectivity index (χ3v) is 6.65. The third-order valence-electron chi connectivity index (χ3n) is 5.44. The molecule has 0 fully saturated rings. The van der Waals surface area contributed by atoms with E-state index < -0.39 is 11.7 Å². The highest BCUT2D eigenvalue weighted by Crippen LogP contribution is 2.36. The number of aromatic nitrogens is 1. The van der Waals surface area contributed by atoms with E-state index >= 15 is 0 Å². The molecule has 6 nitrogen and oxygen atoms in total. The molecule has 3 aromatic rings. The van der Waals surface area contributed by atoms with Crippen LogP contribution in [0.2, 0.25) is 0 Å². The summed E-state index contributed by atoms with van der Waals surface area (Å²) in [6, 6.07) is 10.1. The molecule has 1 atom stereocenters. The summed E-state index contributed by atoms with van der Waals surface area (Å²) >= 11 is 1.14. The first-order valence-electron chi connectivity index (χ1n) is 10.2. The van der Waals surface area contributed by atoms with Crippen LogP contribution in [0.15, 0.2) is 42.5 Å². The Kier molecular flexibility index (Phi) is 6.11. The average molecular weight is 475 g/mol. The first-order chi connectivity index (χ1) is 15.6. The van der Waals surface area contributed by atoms with Gasteiger partial charge in [0.15, 0.2) is 0 Å². The Labute approximate surface area is 192 Å². The fourth-order valence-corrected chi connectivity index (χ4v) is 4.65. The fraction of sp³-hybridized carbons (Fsp3) is 0.261. The average Bonchev–Trinajstić information content (AvgIpc) is 3.36. The van der Waals surface area contributed by atoms with E-state index in [1.54, 1.807) is 19.1 Å². The van der Waals surface area contributed by atoms with Gasteiger partial charge in [0, 0.05) is 29.2 Å². The molecule has 33 heavy (non-hydrogen) atoms. The highest BCUT2D eigenvalue weighted by atomic mass is 32.1. The van der Waals surface area contributed by atoms with Crippen LogP contribution in [0.3, 0.4) is 0 Å². The van der Waals surface area contributed by atoms with Gasteiger partial charge in [-0.25, -0.2) is 4.98 Å². The van der Waals surface area contributed by atoms with Crippen LogP contribution >= 0.6 is 11.3 Å². The number of carbonyl (C=O) groups excluding carboxylic acids is 1. The molecule has 2 heterocycles. The molecule has 10 heteroatoms. The fourth-order valence-electron chi connectivity index (χ4n) is 3.66. The Morgan fingerprint density at radius 1 is 1.27 bits per heavy atom. The van der Waals surface area contributed by atoms with Crippen LogP contribution in [-0.2, 0) is 6.18 Å². The summed E-state index contributed by atoms with van der Waals surface area (Å²) in [5.41, 5.74) is 7.48. The molecule has 0 saturated heterocycles. The van der Waals surface area contributed by atoms with Crippen LogP contribution < -0.4 is 15.8 Å². The van der Waals surface area contributed by atoms with E-state index in [4.69, 9.17) is 15.9 Å². The van der Waals surface area contributed by atoms with Gasteiger partial charge in [-0.15, -0.1) is 11.3 Å². The van der Waals surface area contributed by atoms with Gasteiger partial charge in [0.2, 0.25) is 0 Å². The molecule has 0 saturated carbocycles. The lowest BCUT2D eigenvalue weighted by Gasteiger charge is -2.10. The van der Waals surface area contributed by atoms with Crippen molar-refractivity contribution >= 4 is 23.1 Å². The SMILES string of the molecule is Cc1nc(-c2ccc(C(F)(F)F)cc2)sc1C(=O)NCCC1COc2ccc(C(=N)N)cc21. The Balaban J connectivity index is 1.39. The van der Waals surface area contributed by atoms with E-state index in [-0.39, 0.29) is 17.7 Å². The standard InChI is InChI=1S/C23H21F3N4O2S/c1-12-19(33-22(30-12)13-2-5-16(6-3-13)23(24,25)26)21(31)29-9-8-15-11-32-18-7-4-14(20(27)28)10-17(15)18/h2-7,10,15H,8-9,11H2,1H3,(H3,27,28)(H,29,31). The van der Waals surface area contributed by atoms with Crippen molar-refractivity contribution in [3.05, 3.63) is 69.7 Å². The molecule has 0 bridgehead atoms. The number of benzene rings is 2. The number of nitrogens with zero attached hydrogens (tertiary/aromatic N) is 1. The third kappa shape index (κ3) is 4.85. The number of amides is 1. The van der Waals surface area contributed by atoms with E-state index in [0.717, 1.165) is 34.8 Å². The summed E-state index contributed by atoms with van der Waals surface area (Å²) in [7, 11) is 0. The van der Waals surface area contributed by atoms with Gasteiger partial charge in [-0.2, -0.15) is 13.2 Å². The van der Waals surface area contributed by atoms with Gasteiger partial charge in [-0.3, -0.25) is 10.2 Å². The van der Waals surface area contributed by atoms with Crippen molar-refractivity contribution in [2.75, 3.05) is 13.2 Å². The molecular weight excluding hydrogens is 453 g/mol. The van der Waals surface area contributed by atoms with Crippen molar-refractivity contribution in [3.63, 3.8) is 0 Å². The predicted octanol–water partition coefficient (Wildman–Crippen LogP) is 4.72. The molecular formula is C23H21F3N4O2S. The van der Waals surface area contributed by atoms with Crippen LogP contribution in [-0.4, -0.2) is 29.9 Å². The highest BCUT2D eigenvalue weighted by molar-refractivity contribution is 7.17. The van der Waals surface area contributed by atoms with Crippen LogP contribution in [0.4, 0.5) is 13.2 Å². The second-order valence-corrected chi connectivity index (χ2v) is 8.73. The number of aryl methyl sites for hydroxylation is 1. The lowest BCUT2D eigenvalue weighted by atomic mass is 9.96. The van der Waals surface area contributed by atoms with Gasteiger partial charge < -0.3 is 15.8 Å². The number of carbonyl (C=O) groups is 1. The number of nitrogens with two attached hydrogens (primary N) is 1. The summed E-state index contributed by atoms with van der Waals surface area (Å²) in [5.74, 6) is 0.543. The molecule has 1 aliphatic heterocycles. The lowest BCUT2D eigenvalue weighted by Crippen LogP contribution is -2.25. The topological polar surface area (TPSA) is 101 Å². The van der Waals surface area contributed by atoms with Crippen molar-refractivity contribution in [2.24, 2.45) is 5.73 Å². The maximum absolute atomic E-state index is 12.8. The molecule has 172 valence electrons. The van der Waals surface area contributed by atoms with Gasteiger partial charge in [-0.1, -0.05) is 12.1 Å². The Morgan fingerprint density at radius 3 is 2.67 bits per heavy atom. The Bertz CT molecular complexity index is 1210. The number of hydrogen-bond acceptors (Lipinski definition) is 5. The van der Waals surface area contributed by atoms with E-state index in [2.05, 4.69) is 10.3 Å². The van der Waals surface area contributed by atoms with Crippen LogP contribution in [0.5, 0.6) is 5.75 Å². The molecule has 0 radical (unpaired) electrons. The molecule has 4 rings (SSSR count). The summed E-state index contributed by atoms with van der Waals surface area (Å²) in [6.07, 6.45) is -3.76. The van der Waals surface area contributed by atoms with E-state index in [0.29, 0.717) is 46.3 Å². The second-order valence-electron chi connectivity index (χ2n) is 7.73. The first-order valence-corrected chi connectivity index (χ1v) is 11.0. The largest absolute Gasteiger partial charge is 0.493 e. The van der Waals surface area contributed by atoms with Crippen LogP contribution in [0, 0.1) is 12.3 Å². The minimum absolute atomic E-state index is 0.0127. The van der Waals surface area contributed by atoms with E-state index in [9.17, 15) is 18.0 Å². The first kappa shape index (κ1) is 22.8. The van der Waals surface area contributed by atoms with E-state index in [1.807, 2.05) is 6.07 Å². The molecule has 1 unspecified atom stereocenters. The minimum Gasteiger partial charge on any atom is -0.493 e. The normalized spacial score (nSPS) is 15.1. The van der Waals surface area contributed by atoms with Crippen LogP contribution in [0.1, 0.15) is 44.4 Å². The monoisotopic (exact) mass is 474 g/mol. The maximum atomic E-state index is 12.8. The number of nitrogens with one attached hydrogen (secondary N) is 2. The van der Waals surface area contributed by atoms with Gasteiger partial charge in [-0.05, 0) is 43.7 Å². The van der Waals surface area contributed by atoms with Gasteiger partial charge >= 0.3 is 6.18 Å². The Hall–Kier alpha value is -3.40. The number of thiazole rings is 1. The Morgan fingerprint density at radius 2 is 2.00 bits per heavy atom. The van der Waals surface area contributed by atoms with Gasteiger partial charge in [0.05, 0.1) is 17.9 Å². The summed E-state index contributed by atoms with van der Waals surface area (Å²) in [4.78, 5) is 17.5. The number of ether oxygens (including phenoxy) is 1.